The standard InChI is InChI=1S/C19H30N2O3/c1-5-24-17-13-21(4)12-16(17)20-18(22)15-8-6-7-14(11-15)9-10-19(2,3)23/h6-8,11,16-17,23H,5,9-10,12-13H2,1-4H3,(H,20,22)/t16-,17-/m1/s1. The Morgan fingerprint density at radius 2 is 2.17 bits per heavy atom. The molecule has 0 aliphatic carbocycles. The van der Waals surface area contributed by atoms with E-state index in [0.717, 1.165) is 25.1 Å². The van der Waals surface area contributed by atoms with Crippen molar-refractivity contribution >= 4 is 5.91 Å². The van der Waals surface area contributed by atoms with Crippen molar-refractivity contribution in [2.75, 3.05) is 26.7 Å². The van der Waals surface area contributed by atoms with Crippen molar-refractivity contribution in [3.63, 3.8) is 0 Å². The predicted octanol–water partition coefficient (Wildman–Crippen LogP) is 1.84. The second kappa shape index (κ2) is 8.10. The van der Waals surface area contributed by atoms with E-state index in [0.29, 0.717) is 18.6 Å². The first-order valence-corrected chi connectivity index (χ1v) is 8.71. The highest BCUT2D eigenvalue weighted by molar-refractivity contribution is 5.94. The summed E-state index contributed by atoms with van der Waals surface area (Å²) in [7, 11) is 2.04. The largest absolute Gasteiger partial charge is 0.390 e. The van der Waals surface area contributed by atoms with E-state index >= 15 is 0 Å². The third-order valence-electron chi connectivity index (χ3n) is 4.36. The average Bonchev–Trinajstić information content (AvgIpc) is 2.85. The summed E-state index contributed by atoms with van der Waals surface area (Å²) >= 11 is 0. The van der Waals surface area contributed by atoms with Gasteiger partial charge < -0.3 is 20.1 Å². The van der Waals surface area contributed by atoms with Crippen molar-refractivity contribution in [1.82, 2.24) is 10.2 Å². The van der Waals surface area contributed by atoms with Gasteiger partial charge in [-0.2, -0.15) is 0 Å². The number of amides is 1. The number of hydrogen-bond acceptors (Lipinski definition) is 4. The fourth-order valence-corrected chi connectivity index (χ4v) is 3.05. The van der Waals surface area contributed by atoms with Crippen LogP contribution in [0.2, 0.25) is 0 Å². The van der Waals surface area contributed by atoms with Gasteiger partial charge in [-0.3, -0.25) is 4.79 Å². The van der Waals surface area contributed by atoms with Gasteiger partial charge in [-0.1, -0.05) is 12.1 Å². The Labute approximate surface area is 145 Å². The number of ether oxygens (including phenoxy) is 1. The Morgan fingerprint density at radius 3 is 2.83 bits per heavy atom. The number of carbonyl (C=O) groups excluding carboxylic acids is 1. The maximum atomic E-state index is 12.6. The van der Waals surface area contributed by atoms with Gasteiger partial charge in [-0.25, -0.2) is 0 Å². The summed E-state index contributed by atoms with van der Waals surface area (Å²) in [6, 6.07) is 7.65. The SMILES string of the molecule is CCO[C@@H]1CN(C)C[C@H]1NC(=O)c1cccc(CCC(C)(C)O)c1. The van der Waals surface area contributed by atoms with Gasteiger partial charge in [0.05, 0.1) is 17.7 Å². The van der Waals surface area contributed by atoms with Crippen molar-refractivity contribution in [3.05, 3.63) is 35.4 Å². The van der Waals surface area contributed by atoms with E-state index in [4.69, 9.17) is 4.74 Å². The van der Waals surface area contributed by atoms with Crippen LogP contribution in [0.15, 0.2) is 24.3 Å². The van der Waals surface area contributed by atoms with Gasteiger partial charge >= 0.3 is 0 Å². The predicted molar refractivity (Wildman–Crippen MR) is 95.2 cm³/mol. The molecule has 1 saturated heterocycles. The Kier molecular flexibility index (Phi) is 6.38. The molecule has 24 heavy (non-hydrogen) atoms. The molecular weight excluding hydrogens is 304 g/mol. The number of likely N-dealkylation sites (N-methyl/N-ethyl adjacent to an activating group) is 1. The summed E-state index contributed by atoms with van der Waals surface area (Å²) in [6.45, 7) is 7.86. The van der Waals surface area contributed by atoms with Crippen LogP contribution in [0.25, 0.3) is 0 Å². The number of aliphatic hydroxyl groups is 1. The molecule has 2 rings (SSSR count). The molecule has 1 amide bonds. The summed E-state index contributed by atoms with van der Waals surface area (Å²) in [5.74, 6) is -0.0647. The van der Waals surface area contributed by atoms with Gasteiger partial charge in [0.1, 0.15) is 0 Å². The lowest BCUT2D eigenvalue weighted by atomic mass is 9.98. The minimum Gasteiger partial charge on any atom is -0.390 e. The Hall–Kier alpha value is -1.43. The summed E-state index contributed by atoms with van der Waals surface area (Å²) in [5, 5.41) is 13.0. The number of carbonyl (C=O) groups is 1. The molecule has 2 atom stereocenters. The zero-order chi connectivity index (χ0) is 17.7. The van der Waals surface area contributed by atoms with Gasteiger partial charge in [0, 0.05) is 25.3 Å². The molecule has 5 heteroatoms. The first-order valence-electron chi connectivity index (χ1n) is 8.71. The molecule has 0 radical (unpaired) electrons. The van der Waals surface area contributed by atoms with Crippen LogP contribution >= 0.6 is 0 Å². The van der Waals surface area contributed by atoms with E-state index < -0.39 is 5.60 Å². The Morgan fingerprint density at radius 1 is 1.42 bits per heavy atom. The summed E-state index contributed by atoms with van der Waals surface area (Å²) in [4.78, 5) is 14.7. The molecular formula is C19H30N2O3. The summed E-state index contributed by atoms with van der Waals surface area (Å²) in [5.41, 5.74) is 1.03. The number of benzene rings is 1. The number of rotatable bonds is 7. The molecule has 1 aliphatic heterocycles. The second-order valence-electron chi connectivity index (χ2n) is 7.31. The molecule has 2 N–H and O–H groups in total. The normalized spacial score (nSPS) is 21.9. The fourth-order valence-electron chi connectivity index (χ4n) is 3.05. The molecule has 5 nitrogen and oxygen atoms in total. The molecule has 0 saturated carbocycles. The highest BCUT2D eigenvalue weighted by Gasteiger charge is 2.32. The summed E-state index contributed by atoms with van der Waals surface area (Å²) in [6.07, 6.45) is 1.46. The number of nitrogens with zero attached hydrogens (tertiary/aromatic N) is 1. The first-order chi connectivity index (χ1) is 11.3. The lowest BCUT2D eigenvalue weighted by Gasteiger charge is -2.20. The van der Waals surface area contributed by atoms with Crippen LogP contribution in [-0.2, 0) is 11.2 Å². The van der Waals surface area contributed by atoms with Crippen LogP contribution in [0.4, 0.5) is 0 Å². The number of likely N-dealkylation sites (tertiary alicyclic amines) is 1. The first kappa shape index (κ1) is 18.9. The molecule has 134 valence electrons. The highest BCUT2D eigenvalue weighted by atomic mass is 16.5. The molecule has 0 aromatic heterocycles. The number of nitrogens with one attached hydrogen (secondary N) is 1. The van der Waals surface area contributed by atoms with Gasteiger partial charge in [-0.15, -0.1) is 0 Å². The Balaban J connectivity index is 1.99. The van der Waals surface area contributed by atoms with E-state index in [-0.39, 0.29) is 18.1 Å². The quantitative estimate of drug-likeness (QED) is 0.799. The van der Waals surface area contributed by atoms with Crippen molar-refractivity contribution in [2.45, 2.75) is 51.4 Å². The number of aryl methyl sites for hydroxylation is 1. The van der Waals surface area contributed by atoms with E-state index in [1.807, 2.05) is 38.2 Å². The van der Waals surface area contributed by atoms with Gasteiger partial charge in [0.25, 0.3) is 5.91 Å². The minimum absolute atomic E-state index is 0.0162. The number of hydrogen-bond donors (Lipinski definition) is 2. The van der Waals surface area contributed by atoms with E-state index in [9.17, 15) is 9.90 Å². The topological polar surface area (TPSA) is 61.8 Å². The molecule has 1 aromatic rings. The van der Waals surface area contributed by atoms with Crippen LogP contribution < -0.4 is 5.32 Å². The third kappa shape index (κ3) is 5.58. The maximum absolute atomic E-state index is 12.6. The van der Waals surface area contributed by atoms with Gasteiger partial charge in [0.15, 0.2) is 0 Å². The molecule has 1 fully saturated rings. The van der Waals surface area contributed by atoms with Crippen molar-refractivity contribution < 1.29 is 14.6 Å². The van der Waals surface area contributed by atoms with Crippen molar-refractivity contribution in [1.29, 1.82) is 0 Å². The van der Waals surface area contributed by atoms with E-state index in [1.165, 1.54) is 0 Å². The smallest absolute Gasteiger partial charge is 0.251 e. The lowest BCUT2D eigenvalue weighted by Crippen LogP contribution is -2.44. The fraction of sp³-hybridized carbons (Fsp3) is 0.632. The van der Waals surface area contributed by atoms with Crippen LogP contribution in [0.3, 0.4) is 0 Å². The van der Waals surface area contributed by atoms with Gasteiger partial charge in [0.2, 0.25) is 0 Å². The molecule has 1 heterocycles. The van der Waals surface area contributed by atoms with Crippen LogP contribution in [0, 0.1) is 0 Å². The lowest BCUT2D eigenvalue weighted by molar-refractivity contribution is 0.0513. The average molecular weight is 334 g/mol. The van der Waals surface area contributed by atoms with Crippen molar-refractivity contribution in [3.8, 4) is 0 Å². The molecule has 1 aliphatic rings. The molecule has 1 aromatic carbocycles. The van der Waals surface area contributed by atoms with Crippen LogP contribution in [-0.4, -0.2) is 60.4 Å². The third-order valence-corrected chi connectivity index (χ3v) is 4.36. The van der Waals surface area contributed by atoms with Gasteiger partial charge in [-0.05, 0) is 58.4 Å². The Bertz CT molecular complexity index is 554. The zero-order valence-corrected chi connectivity index (χ0v) is 15.2. The minimum atomic E-state index is -0.697. The van der Waals surface area contributed by atoms with Crippen molar-refractivity contribution in [2.24, 2.45) is 0 Å². The molecule has 0 bridgehead atoms. The maximum Gasteiger partial charge on any atom is 0.251 e. The van der Waals surface area contributed by atoms with Crippen LogP contribution in [0.5, 0.6) is 0 Å². The molecule has 0 spiro atoms. The monoisotopic (exact) mass is 334 g/mol. The highest BCUT2D eigenvalue weighted by Crippen LogP contribution is 2.16. The van der Waals surface area contributed by atoms with Crippen LogP contribution in [0.1, 0.15) is 43.1 Å². The summed E-state index contributed by atoms with van der Waals surface area (Å²) < 4.78 is 5.74. The van der Waals surface area contributed by atoms with E-state index in [2.05, 4.69) is 10.2 Å². The second-order valence-corrected chi connectivity index (χ2v) is 7.31. The molecule has 0 unspecified atom stereocenters. The van der Waals surface area contributed by atoms with E-state index in [1.54, 1.807) is 13.8 Å². The zero-order valence-electron chi connectivity index (χ0n) is 15.2.